The van der Waals surface area contributed by atoms with Crippen LogP contribution >= 0.6 is 0 Å². The molecule has 0 saturated heterocycles. The zero-order chi connectivity index (χ0) is 16.5. The zero-order valence-electron chi connectivity index (χ0n) is 13.7. The minimum absolute atomic E-state index is 0.176. The van der Waals surface area contributed by atoms with Crippen LogP contribution in [0.5, 0.6) is 0 Å². The van der Waals surface area contributed by atoms with Crippen LogP contribution in [0.4, 0.5) is 4.39 Å². The average molecular weight is 313 g/mol. The first-order valence-corrected chi connectivity index (χ1v) is 7.95. The molecule has 2 rings (SSSR count). The molecule has 0 aliphatic rings. The normalized spacial score (nSPS) is 12.7. The van der Waals surface area contributed by atoms with Gasteiger partial charge in [0.15, 0.2) is 5.96 Å². The number of rotatable bonds is 6. The van der Waals surface area contributed by atoms with E-state index >= 15 is 0 Å². The summed E-state index contributed by atoms with van der Waals surface area (Å²) < 4.78 is 13.1. The van der Waals surface area contributed by atoms with Crippen LogP contribution in [0.15, 0.2) is 59.6 Å². The summed E-state index contributed by atoms with van der Waals surface area (Å²) in [5, 5.41) is 6.67. The number of hydrogen-bond acceptors (Lipinski definition) is 1. The molecule has 3 nitrogen and oxygen atoms in total. The number of aryl methyl sites for hydroxylation is 1. The van der Waals surface area contributed by atoms with E-state index in [0.29, 0.717) is 0 Å². The zero-order valence-corrected chi connectivity index (χ0v) is 13.7. The number of guanidine groups is 1. The SMILES string of the molecule is CN=C(NCCCc1cccc(F)c1)NC(C)c1ccccc1. The molecular formula is C19H24FN3. The Bertz CT molecular complexity index is 626. The van der Waals surface area contributed by atoms with Gasteiger partial charge < -0.3 is 10.6 Å². The van der Waals surface area contributed by atoms with Crippen molar-refractivity contribution in [1.82, 2.24) is 10.6 Å². The molecule has 2 aromatic rings. The van der Waals surface area contributed by atoms with Gasteiger partial charge in [0.05, 0.1) is 6.04 Å². The Hall–Kier alpha value is -2.36. The van der Waals surface area contributed by atoms with Gasteiger partial charge in [-0.3, -0.25) is 4.99 Å². The lowest BCUT2D eigenvalue weighted by Crippen LogP contribution is -2.39. The third kappa shape index (κ3) is 5.74. The lowest BCUT2D eigenvalue weighted by Gasteiger charge is -2.18. The van der Waals surface area contributed by atoms with Crippen molar-refractivity contribution in [1.29, 1.82) is 0 Å². The summed E-state index contributed by atoms with van der Waals surface area (Å²) in [6.07, 6.45) is 1.76. The van der Waals surface area contributed by atoms with Gasteiger partial charge in [-0.05, 0) is 43.0 Å². The van der Waals surface area contributed by atoms with Crippen molar-refractivity contribution >= 4 is 5.96 Å². The maximum absolute atomic E-state index is 13.1. The molecule has 4 heteroatoms. The maximum atomic E-state index is 13.1. The van der Waals surface area contributed by atoms with E-state index in [0.717, 1.165) is 30.9 Å². The van der Waals surface area contributed by atoms with Gasteiger partial charge >= 0.3 is 0 Å². The topological polar surface area (TPSA) is 36.4 Å². The summed E-state index contributed by atoms with van der Waals surface area (Å²) in [5.74, 6) is 0.602. The second-order valence-corrected chi connectivity index (χ2v) is 5.51. The summed E-state index contributed by atoms with van der Waals surface area (Å²) in [7, 11) is 1.76. The number of aliphatic imine (C=N–C) groups is 1. The molecule has 2 aromatic carbocycles. The Labute approximate surface area is 137 Å². The van der Waals surface area contributed by atoms with E-state index in [9.17, 15) is 4.39 Å². The highest BCUT2D eigenvalue weighted by atomic mass is 19.1. The summed E-state index contributed by atoms with van der Waals surface area (Å²) in [6, 6.07) is 17.2. The van der Waals surface area contributed by atoms with Gasteiger partial charge in [0, 0.05) is 13.6 Å². The molecule has 1 unspecified atom stereocenters. The van der Waals surface area contributed by atoms with Crippen molar-refractivity contribution in [2.45, 2.75) is 25.8 Å². The molecule has 0 saturated carbocycles. The molecule has 1 atom stereocenters. The Kier molecular flexibility index (Phi) is 6.60. The Morgan fingerprint density at radius 3 is 2.61 bits per heavy atom. The second kappa shape index (κ2) is 8.93. The van der Waals surface area contributed by atoms with Crippen LogP contribution in [-0.2, 0) is 6.42 Å². The maximum Gasteiger partial charge on any atom is 0.191 e. The van der Waals surface area contributed by atoms with Crippen molar-refractivity contribution in [3.63, 3.8) is 0 Å². The number of nitrogens with zero attached hydrogens (tertiary/aromatic N) is 1. The molecule has 0 radical (unpaired) electrons. The van der Waals surface area contributed by atoms with Gasteiger partial charge in [-0.15, -0.1) is 0 Å². The molecule has 23 heavy (non-hydrogen) atoms. The van der Waals surface area contributed by atoms with Crippen LogP contribution < -0.4 is 10.6 Å². The Morgan fingerprint density at radius 2 is 1.91 bits per heavy atom. The van der Waals surface area contributed by atoms with Crippen molar-refractivity contribution < 1.29 is 4.39 Å². The monoisotopic (exact) mass is 313 g/mol. The van der Waals surface area contributed by atoms with Gasteiger partial charge in [-0.25, -0.2) is 4.39 Å². The van der Waals surface area contributed by atoms with Crippen LogP contribution in [0.25, 0.3) is 0 Å². The lowest BCUT2D eigenvalue weighted by atomic mass is 10.1. The molecule has 2 N–H and O–H groups in total. The van der Waals surface area contributed by atoms with E-state index in [2.05, 4.69) is 34.7 Å². The first-order chi connectivity index (χ1) is 11.2. The van der Waals surface area contributed by atoms with Crippen LogP contribution in [0.2, 0.25) is 0 Å². The Morgan fingerprint density at radius 1 is 1.13 bits per heavy atom. The third-order valence-electron chi connectivity index (χ3n) is 3.70. The molecule has 0 fully saturated rings. The van der Waals surface area contributed by atoms with Crippen LogP contribution in [-0.4, -0.2) is 19.6 Å². The Balaban J connectivity index is 1.75. The number of benzene rings is 2. The van der Waals surface area contributed by atoms with Crippen LogP contribution in [0.1, 0.15) is 30.5 Å². The number of hydrogen-bond donors (Lipinski definition) is 2. The smallest absolute Gasteiger partial charge is 0.191 e. The van der Waals surface area contributed by atoms with Crippen molar-refractivity contribution in [2.24, 2.45) is 4.99 Å². The van der Waals surface area contributed by atoms with E-state index in [4.69, 9.17) is 0 Å². The largest absolute Gasteiger partial charge is 0.356 e. The summed E-state index contributed by atoms with van der Waals surface area (Å²) in [5.41, 5.74) is 2.24. The average Bonchev–Trinajstić information content (AvgIpc) is 2.58. The fourth-order valence-corrected chi connectivity index (χ4v) is 2.42. The van der Waals surface area contributed by atoms with Crippen molar-refractivity contribution in [2.75, 3.05) is 13.6 Å². The molecule has 0 aromatic heterocycles. The molecule has 0 spiro atoms. The molecule has 0 aliphatic carbocycles. The number of nitrogens with one attached hydrogen (secondary N) is 2. The van der Waals surface area contributed by atoms with E-state index in [1.807, 2.05) is 24.3 Å². The molecule has 0 heterocycles. The first kappa shape index (κ1) is 17.0. The van der Waals surface area contributed by atoms with E-state index in [-0.39, 0.29) is 11.9 Å². The van der Waals surface area contributed by atoms with Crippen LogP contribution in [0, 0.1) is 5.82 Å². The molecule has 0 amide bonds. The van der Waals surface area contributed by atoms with E-state index in [1.165, 1.54) is 11.6 Å². The van der Waals surface area contributed by atoms with Gasteiger partial charge in [0.25, 0.3) is 0 Å². The van der Waals surface area contributed by atoms with Gasteiger partial charge in [0.2, 0.25) is 0 Å². The predicted octanol–water partition coefficient (Wildman–Crippen LogP) is 3.68. The fraction of sp³-hybridized carbons (Fsp3) is 0.316. The van der Waals surface area contributed by atoms with E-state index < -0.39 is 0 Å². The quantitative estimate of drug-likeness (QED) is 0.485. The minimum Gasteiger partial charge on any atom is -0.356 e. The molecule has 122 valence electrons. The van der Waals surface area contributed by atoms with Gasteiger partial charge in [0.1, 0.15) is 5.82 Å². The van der Waals surface area contributed by atoms with Crippen molar-refractivity contribution in [3.8, 4) is 0 Å². The molecule has 0 aliphatic heterocycles. The summed E-state index contributed by atoms with van der Waals surface area (Å²) in [4.78, 5) is 4.25. The molecule has 0 bridgehead atoms. The predicted molar refractivity (Wildman–Crippen MR) is 94.1 cm³/mol. The standard InChI is InChI=1S/C19H24FN3/c1-15(17-10-4-3-5-11-17)23-19(21-2)22-13-7-9-16-8-6-12-18(20)14-16/h3-6,8,10-12,14-15H,7,9,13H2,1-2H3,(H2,21,22,23). The van der Waals surface area contributed by atoms with Gasteiger partial charge in [-0.2, -0.15) is 0 Å². The molecular weight excluding hydrogens is 289 g/mol. The second-order valence-electron chi connectivity index (χ2n) is 5.51. The van der Waals surface area contributed by atoms with E-state index in [1.54, 1.807) is 19.2 Å². The van der Waals surface area contributed by atoms with Crippen LogP contribution in [0.3, 0.4) is 0 Å². The first-order valence-electron chi connectivity index (χ1n) is 7.95. The highest BCUT2D eigenvalue weighted by Gasteiger charge is 2.06. The van der Waals surface area contributed by atoms with Gasteiger partial charge in [-0.1, -0.05) is 42.5 Å². The fourth-order valence-electron chi connectivity index (χ4n) is 2.42. The van der Waals surface area contributed by atoms with Crippen molar-refractivity contribution in [3.05, 3.63) is 71.5 Å². The lowest BCUT2D eigenvalue weighted by molar-refractivity contribution is 0.623. The third-order valence-corrected chi connectivity index (χ3v) is 3.70. The minimum atomic E-state index is -0.176. The highest BCUT2D eigenvalue weighted by Crippen LogP contribution is 2.10. The summed E-state index contributed by atoms with van der Waals surface area (Å²) in [6.45, 7) is 2.90. The summed E-state index contributed by atoms with van der Waals surface area (Å²) >= 11 is 0. The highest BCUT2D eigenvalue weighted by molar-refractivity contribution is 5.80. The number of halogens is 1.